The summed E-state index contributed by atoms with van der Waals surface area (Å²) in [5.41, 5.74) is 1.03. The van der Waals surface area contributed by atoms with Crippen molar-refractivity contribution < 1.29 is 23.0 Å². The number of ether oxygens (including phenoxy) is 1. The summed E-state index contributed by atoms with van der Waals surface area (Å²) < 4.78 is 48.7. The van der Waals surface area contributed by atoms with Crippen molar-refractivity contribution in [1.82, 2.24) is 24.1 Å². The average molecular weight is 570 g/mol. The molecule has 40 heavy (non-hydrogen) atoms. The van der Waals surface area contributed by atoms with E-state index in [1.165, 1.54) is 12.4 Å². The van der Waals surface area contributed by atoms with Crippen molar-refractivity contribution in [2.45, 2.75) is 32.9 Å². The van der Waals surface area contributed by atoms with Gasteiger partial charge in [0, 0.05) is 41.6 Å². The van der Waals surface area contributed by atoms with Crippen LogP contribution in [0.5, 0.6) is 5.75 Å². The molecule has 0 atom stereocenters. The molecule has 4 heterocycles. The number of aliphatic hydroxyl groups excluding tert-OH is 1. The second-order valence-corrected chi connectivity index (χ2v) is 9.52. The molecular formula is C28H23ClF3N5O3. The van der Waals surface area contributed by atoms with Gasteiger partial charge in [-0.3, -0.25) is 9.78 Å². The van der Waals surface area contributed by atoms with E-state index in [2.05, 4.69) is 15.0 Å². The smallest absolute Gasteiger partial charge is 0.421 e. The Morgan fingerprint density at radius 3 is 2.65 bits per heavy atom. The predicted molar refractivity (Wildman–Crippen MR) is 143 cm³/mol. The van der Waals surface area contributed by atoms with E-state index in [-0.39, 0.29) is 19.8 Å². The minimum atomic E-state index is -4.78. The zero-order valence-corrected chi connectivity index (χ0v) is 22.2. The lowest BCUT2D eigenvalue weighted by Gasteiger charge is -2.16. The maximum absolute atomic E-state index is 13.3. The first-order valence-electron chi connectivity index (χ1n) is 12.1. The fourth-order valence-electron chi connectivity index (χ4n) is 4.48. The molecule has 5 rings (SSSR count). The van der Waals surface area contributed by atoms with Crippen LogP contribution >= 0.6 is 11.6 Å². The lowest BCUT2D eigenvalue weighted by atomic mass is 10.1. The van der Waals surface area contributed by atoms with Crippen molar-refractivity contribution in [2.75, 3.05) is 0 Å². The second-order valence-electron chi connectivity index (χ2n) is 9.11. The molecule has 8 nitrogen and oxygen atoms in total. The Labute approximate surface area is 231 Å². The number of pyridine rings is 3. The zero-order valence-electron chi connectivity index (χ0n) is 21.4. The van der Waals surface area contributed by atoms with Crippen molar-refractivity contribution in [1.29, 1.82) is 0 Å². The molecular weight excluding hydrogens is 547 g/mol. The summed E-state index contributed by atoms with van der Waals surface area (Å²) in [5, 5.41) is 10.7. The number of aliphatic hydroxyl groups is 1. The number of rotatable bonds is 7. The molecule has 0 aliphatic heterocycles. The van der Waals surface area contributed by atoms with Crippen molar-refractivity contribution in [3.05, 3.63) is 105 Å². The van der Waals surface area contributed by atoms with Crippen molar-refractivity contribution >= 4 is 22.5 Å². The van der Waals surface area contributed by atoms with Crippen LogP contribution in [0.25, 0.3) is 22.3 Å². The van der Waals surface area contributed by atoms with Crippen molar-refractivity contribution in [3.8, 4) is 17.1 Å². The lowest BCUT2D eigenvalue weighted by Crippen LogP contribution is -2.28. The van der Waals surface area contributed by atoms with E-state index in [1.54, 1.807) is 22.9 Å². The average Bonchev–Trinajstić information content (AvgIpc) is 3.28. The molecule has 4 aromatic heterocycles. The third-order valence-electron chi connectivity index (χ3n) is 6.52. The fraction of sp³-hybridized carbons (Fsp3) is 0.214. The Morgan fingerprint density at radius 2 is 1.93 bits per heavy atom. The molecule has 12 heteroatoms. The SMILES string of the molecule is Cc1cc(-c2ncc(CO)n2C)c2cccc(OCc3c(Cl)ccnc3Cn3cccc(C(F)(F)F)c3=O)c2n1. The van der Waals surface area contributed by atoms with Crippen molar-refractivity contribution in [2.24, 2.45) is 7.05 Å². The summed E-state index contributed by atoms with van der Waals surface area (Å²) in [6.07, 6.45) is -0.481. The van der Waals surface area contributed by atoms with Crippen molar-refractivity contribution in [3.63, 3.8) is 0 Å². The Hall–Kier alpha value is -4.22. The summed E-state index contributed by atoms with van der Waals surface area (Å²) in [6.45, 7) is 1.39. The highest BCUT2D eigenvalue weighted by atomic mass is 35.5. The third-order valence-corrected chi connectivity index (χ3v) is 6.88. The number of nitrogens with zero attached hydrogens (tertiary/aromatic N) is 5. The molecule has 0 saturated heterocycles. The number of para-hydroxylation sites is 1. The van der Waals surface area contributed by atoms with Crippen LogP contribution in [0.2, 0.25) is 5.02 Å². The minimum absolute atomic E-state index is 0.0726. The second kappa shape index (κ2) is 10.7. The van der Waals surface area contributed by atoms with Crippen LogP contribution in [0.1, 0.15) is 28.2 Å². The topological polar surface area (TPSA) is 95.1 Å². The van der Waals surface area contributed by atoms with E-state index in [4.69, 9.17) is 16.3 Å². The number of aromatic nitrogens is 5. The molecule has 5 aromatic rings. The van der Waals surface area contributed by atoms with Crippen LogP contribution in [0.4, 0.5) is 13.2 Å². The van der Waals surface area contributed by atoms with Gasteiger partial charge in [0.25, 0.3) is 5.56 Å². The van der Waals surface area contributed by atoms with E-state index in [0.29, 0.717) is 39.1 Å². The third kappa shape index (κ3) is 5.17. The van der Waals surface area contributed by atoms with Gasteiger partial charge in [0.15, 0.2) is 0 Å². The number of aryl methyl sites for hydroxylation is 1. The monoisotopic (exact) mass is 569 g/mol. The van der Waals surface area contributed by atoms with E-state index in [9.17, 15) is 23.1 Å². The van der Waals surface area contributed by atoms with Gasteiger partial charge in [-0.1, -0.05) is 23.7 Å². The van der Waals surface area contributed by atoms with Crippen LogP contribution in [-0.4, -0.2) is 29.2 Å². The Morgan fingerprint density at radius 1 is 1.12 bits per heavy atom. The quantitative estimate of drug-likeness (QED) is 0.286. The highest BCUT2D eigenvalue weighted by molar-refractivity contribution is 6.31. The number of benzene rings is 1. The number of hydrogen-bond acceptors (Lipinski definition) is 6. The molecule has 0 unspecified atom stereocenters. The van der Waals surface area contributed by atoms with Gasteiger partial charge in [-0.25, -0.2) is 9.97 Å². The van der Waals surface area contributed by atoms with Crippen LogP contribution < -0.4 is 10.3 Å². The summed E-state index contributed by atoms with van der Waals surface area (Å²) in [7, 11) is 1.82. The first-order chi connectivity index (χ1) is 19.1. The molecule has 0 bridgehead atoms. The fourth-order valence-corrected chi connectivity index (χ4v) is 4.70. The molecule has 0 amide bonds. The zero-order chi connectivity index (χ0) is 28.6. The van der Waals surface area contributed by atoms with E-state index in [1.807, 2.05) is 32.2 Å². The standard InChI is InChI=1S/C28H23ClF3N5O3/c1-16-11-19(26-34-12-17(14-38)36(26)2)18-5-3-7-24(25(18)35-16)40-15-20-22(29)8-9-33-23(20)13-37-10-4-6-21(27(37)39)28(30,31)32/h3-12,38H,13-15H2,1-2H3. The molecule has 1 aromatic carbocycles. The van der Waals surface area contributed by atoms with E-state index in [0.717, 1.165) is 33.3 Å². The number of alkyl halides is 3. The molecule has 0 radical (unpaired) electrons. The molecule has 0 aliphatic rings. The minimum Gasteiger partial charge on any atom is -0.486 e. The Bertz CT molecular complexity index is 1780. The maximum atomic E-state index is 13.3. The van der Waals surface area contributed by atoms with Gasteiger partial charge in [-0.15, -0.1) is 0 Å². The predicted octanol–water partition coefficient (Wildman–Crippen LogP) is 5.29. The summed E-state index contributed by atoms with van der Waals surface area (Å²) in [5.74, 6) is 1.10. The van der Waals surface area contributed by atoms with Gasteiger partial charge in [0.05, 0.1) is 35.8 Å². The normalized spacial score (nSPS) is 11.8. The van der Waals surface area contributed by atoms with Gasteiger partial charge >= 0.3 is 6.18 Å². The van der Waals surface area contributed by atoms with Gasteiger partial charge in [-0.05, 0) is 37.3 Å². The van der Waals surface area contributed by atoms with Gasteiger partial charge in [-0.2, -0.15) is 13.2 Å². The number of fused-ring (bicyclic) bond motifs is 1. The molecule has 0 aliphatic carbocycles. The van der Waals surface area contributed by atoms with E-state index < -0.39 is 17.3 Å². The Balaban J connectivity index is 1.50. The lowest BCUT2D eigenvalue weighted by molar-refractivity contribution is -0.138. The van der Waals surface area contributed by atoms with Crippen LogP contribution in [0.3, 0.4) is 0 Å². The molecule has 0 spiro atoms. The van der Waals surface area contributed by atoms with Gasteiger partial charge < -0.3 is 19.0 Å². The molecule has 206 valence electrons. The number of hydrogen-bond donors (Lipinski definition) is 1. The summed E-state index contributed by atoms with van der Waals surface area (Å²) in [4.78, 5) is 25.9. The van der Waals surface area contributed by atoms with Crippen LogP contribution in [0, 0.1) is 6.92 Å². The Kier molecular flexibility index (Phi) is 7.35. The van der Waals surface area contributed by atoms with Gasteiger partial charge in [0.1, 0.15) is 29.3 Å². The van der Waals surface area contributed by atoms with Crippen LogP contribution in [-0.2, 0) is 33.0 Å². The van der Waals surface area contributed by atoms with Crippen LogP contribution in [0.15, 0.2) is 65.8 Å². The number of halogens is 4. The highest BCUT2D eigenvalue weighted by Crippen LogP contribution is 2.34. The molecule has 1 N–H and O–H groups in total. The largest absolute Gasteiger partial charge is 0.486 e. The molecule has 0 fully saturated rings. The van der Waals surface area contributed by atoms with E-state index >= 15 is 0 Å². The number of imidazole rings is 1. The summed E-state index contributed by atoms with van der Waals surface area (Å²) >= 11 is 6.45. The van der Waals surface area contributed by atoms with Gasteiger partial charge in [0.2, 0.25) is 0 Å². The maximum Gasteiger partial charge on any atom is 0.421 e. The highest BCUT2D eigenvalue weighted by Gasteiger charge is 2.34. The first-order valence-corrected chi connectivity index (χ1v) is 12.5. The summed E-state index contributed by atoms with van der Waals surface area (Å²) in [6, 6.07) is 10.8. The molecule has 0 saturated carbocycles. The first kappa shape index (κ1) is 27.4.